The molecule has 0 saturated heterocycles. The summed E-state index contributed by atoms with van der Waals surface area (Å²) < 4.78 is 11.5. The van der Waals surface area contributed by atoms with Crippen molar-refractivity contribution in [3.05, 3.63) is 0 Å². The number of likely N-dealkylation sites (N-methyl/N-ethyl adjacent to an activating group) is 1. The van der Waals surface area contributed by atoms with Crippen LogP contribution in [0.1, 0.15) is 45.4 Å². The van der Waals surface area contributed by atoms with Gasteiger partial charge in [0.15, 0.2) is 0 Å². The molecule has 0 atom stereocenters. The van der Waals surface area contributed by atoms with Gasteiger partial charge in [0.2, 0.25) is 0 Å². The summed E-state index contributed by atoms with van der Waals surface area (Å²) in [5.41, 5.74) is 0.0859. The molecule has 0 spiro atoms. The fourth-order valence-electron chi connectivity index (χ4n) is 2.45. The molecule has 0 unspecified atom stereocenters. The first-order valence-electron chi connectivity index (χ1n) is 6.69. The molecule has 1 N–H and O–H groups in total. The highest BCUT2D eigenvalue weighted by Gasteiger charge is 2.31. The van der Waals surface area contributed by atoms with E-state index >= 15 is 0 Å². The van der Waals surface area contributed by atoms with Crippen LogP contribution < -0.4 is 5.32 Å². The first kappa shape index (κ1) is 13.9. The molecule has 1 fully saturated rings. The summed E-state index contributed by atoms with van der Waals surface area (Å²) in [7, 11) is 2.01. The molecule has 3 nitrogen and oxygen atoms in total. The Labute approximate surface area is 99.9 Å². The quantitative estimate of drug-likeness (QED) is 0.648. The molecule has 16 heavy (non-hydrogen) atoms. The van der Waals surface area contributed by atoms with Crippen LogP contribution in [0.25, 0.3) is 0 Å². The van der Waals surface area contributed by atoms with Gasteiger partial charge in [0, 0.05) is 13.2 Å². The van der Waals surface area contributed by atoms with Gasteiger partial charge in [-0.1, -0.05) is 26.2 Å². The van der Waals surface area contributed by atoms with Gasteiger partial charge in [-0.3, -0.25) is 0 Å². The zero-order valence-corrected chi connectivity index (χ0v) is 10.9. The zero-order chi connectivity index (χ0) is 11.7. The molecule has 3 heteroatoms. The predicted octanol–water partition coefficient (Wildman–Crippen LogP) is 2.35. The van der Waals surface area contributed by atoms with Crippen LogP contribution in [0.15, 0.2) is 0 Å². The van der Waals surface area contributed by atoms with Gasteiger partial charge in [0.25, 0.3) is 0 Å². The van der Waals surface area contributed by atoms with Gasteiger partial charge in [-0.2, -0.15) is 0 Å². The second kappa shape index (κ2) is 8.04. The van der Waals surface area contributed by atoms with Crippen molar-refractivity contribution in [2.45, 2.75) is 51.0 Å². The van der Waals surface area contributed by atoms with Crippen LogP contribution in [0.5, 0.6) is 0 Å². The van der Waals surface area contributed by atoms with Crippen LogP contribution in [-0.4, -0.2) is 39.0 Å². The van der Waals surface area contributed by atoms with Gasteiger partial charge in [-0.15, -0.1) is 0 Å². The first-order chi connectivity index (χ1) is 7.83. The molecule has 0 aromatic carbocycles. The Balaban J connectivity index is 2.21. The van der Waals surface area contributed by atoms with Crippen molar-refractivity contribution in [3.8, 4) is 0 Å². The van der Waals surface area contributed by atoms with E-state index in [-0.39, 0.29) is 5.60 Å². The lowest BCUT2D eigenvalue weighted by atomic mass is 9.84. The van der Waals surface area contributed by atoms with Gasteiger partial charge in [0.05, 0.1) is 18.8 Å². The van der Waals surface area contributed by atoms with Crippen LogP contribution in [0, 0.1) is 0 Å². The molecule has 0 radical (unpaired) electrons. The molecule has 0 bridgehead atoms. The van der Waals surface area contributed by atoms with Crippen LogP contribution in [-0.2, 0) is 9.47 Å². The van der Waals surface area contributed by atoms with Gasteiger partial charge < -0.3 is 14.8 Å². The van der Waals surface area contributed by atoms with E-state index in [2.05, 4.69) is 12.2 Å². The molecule has 1 saturated carbocycles. The molecule has 96 valence electrons. The number of nitrogens with one attached hydrogen (secondary N) is 1. The first-order valence-corrected chi connectivity index (χ1v) is 6.69. The Morgan fingerprint density at radius 2 is 1.81 bits per heavy atom. The van der Waals surface area contributed by atoms with Crippen molar-refractivity contribution in [1.29, 1.82) is 0 Å². The van der Waals surface area contributed by atoms with Crippen LogP contribution in [0.3, 0.4) is 0 Å². The monoisotopic (exact) mass is 229 g/mol. The highest BCUT2D eigenvalue weighted by Crippen LogP contribution is 2.30. The molecule has 0 aliphatic heterocycles. The molecule has 1 rings (SSSR count). The Morgan fingerprint density at radius 3 is 2.44 bits per heavy atom. The number of hydrogen-bond acceptors (Lipinski definition) is 3. The number of hydrogen-bond donors (Lipinski definition) is 1. The lowest BCUT2D eigenvalue weighted by Crippen LogP contribution is -2.44. The molecule has 0 aromatic rings. The summed E-state index contributed by atoms with van der Waals surface area (Å²) >= 11 is 0. The van der Waals surface area contributed by atoms with Crippen molar-refractivity contribution in [2.75, 3.05) is 33.4 Å². The lowest BCUT2D eigenvalue weighted by Gasteiger charge is -2.37. The van der Waals surface area contributed by atoms with Crippen LogP contribution >= 0.6 is 0 Å². The molecule has 0 amide bonds. The summed E-state index contributed by atoms with van der Waals surface area (Å²) in [6, 6.07) is 0. The van der Waals surface area contributed by atoms with Gasteiger partial charge in [-0.05, 0) is 26.3 Å². The molecule has 0 aromatic heterocycles. The smallest absolute Gasteiger partial charge is 0.0807 e. The van der Waals surface area contributed by atoms with E-state index in [1.54, 1.807) is 0 Å². The Kier molecular flexibility index (Phi) is 7.01. The minimum Gasteiger partial charge on any atom is -0.379 e. The SMILES string of the molecule is CCCOCCOC1(CNC)CCCCC1. The van der Waals surface area contributed by atoms with E-state index in [9.17, 15) is 0 Å². The second-order valence-corrected chi connectivity index (χ2v) is 4.73. The van der Waals surface area contributed by atoms with E-state index in [1.807, 2.05) is 7.05 Å². The highest BCUT2D eigenvalue weighted by atomic mass is 16.5. The average Bonchev–Trinajstić information content (AvgIpc) is 2.30. The Bertz CT molecular complexity index is 162. The number of ether oxygens (including phenoxy) is 2. The van der Waals surface area contributed by atoms with Crippen molar-refractivity contribution in [2.24, 2.45) is 0 Å². The fourth-order valence-corrected chi connectivity index (χ4v) is 2.45. The average molecular weight is 229 g/mol. The second-order valence-electron chi connectivity index (χ2n) is 4.73. The van der Waals surface area contributed by atoms with Crippen molar-refractivity contribution in [3.63, 3.8) is 0 Å². The third-order valence-corrected chi connectivity index (χ3v) is 3.25. The van der Waals surface area contributed by atoms with Gasteiger partial charge in [-0.25, -0.2) is 0 Å². The topological polar surface area (TPSA) is 30.5 Å². The summed E-state index contributed by atoms with van der Waals surface area (Å²) in [4.78, 5) is 0. The van der Waals surface area contributed by atoms with Gasteiger partial charge in [0.1, 0.15) is 0 Å². The standard InChI is InChI=1S/C13H27NO2/c1-3-9-15-10-11-16-13(12-14-2)7-5-4-6-8-13/h14H,3-12H2,1-2H3. The third kappa shape index (κ3) is 4.81. The van der Waals surface area contributed by atoms with Crippen molar-refractivity contribution >= 4 is 0 Å². The number of rotatable bonds is 8. The van der Waals surface area contributed by atoms with Crippen molar-refractivity contribution in [1.82, 2.24) is 5.32 Å². The van der Waals surface area contributed by atoms with Crippen LogP contribution in [0.4, 0.5) is 0 Å². The van der Waals surface area contributed by atoms with Crippen molar-refractivity contribution < 1.29 is 9.47 Å². The molecular weight excluding hydrogens is 202 g/mol. The predicted molar refractivity (Wildman–Crippen MR) is 66.8 cm³/mol. The lowest BCUT2D eigenvalue weighted by molar-refractivity contribution is -0.0852. The maximum atomic E-state index is 6.07. The fraction of sp³-hybridized carbons (Fsp3) is 1.00. The Morgan fingerprint density at radius 1 is 1.06 bits per heavy atom. The normalized spacial score (nSPS) is 19.9. The van der Waals surface area contributed by atoms with E-state index in [0.717, 1.165) is 32.8 Å². The van der Waals surface area contributed by atoms with E-state index in [0.29, 0.717) is 0 Å². The maximum Gasteiger partial charge on any atom is 0.0807 e. The Hall–Kier alpha value is -0.120. The zero-order valence-electron chi connectivity index (χ0n) is 10.9. The highest BCUT2D eigenvalue weighted by molar-refractivity contribution is 4.86. The molecule has 0 heterocycles. The molecule has 1 aliphatic carbocycles. The molecule has 1 aliphatic rings. The minimum absolute atomic E-state index is 0.0859. The summed E-state index contributed by atoms with van der Waals surface area (Å²) in [6.45, 7) is 5.43. The summed E-state index contributed by atoms with van der Waals surface area (Å²) in [5, 5.41) is 3.26. The van der Waals surface area contributed by atoms with E-state index in [1.165, 1.54) is 32.1 Å². The van der Waals surface area contributed by atoms with E-state index in [4.69, 9.17) is 9.47 Å². The largest absolute Gasteiger partial charge is 0.379 e. The van der Waals surface area contributed by atoms with Crippen LogP contribution in [0.2, 0.25) is 0 Å². The van der Waals surface area contributed by atoms with Gasteiger partial charge >= 0.3 is 0 Å². The minimum atomic E-state index is 0.0859. The summed E-state index contributed by atoms with van der Waals surface area (Å²) in [5.74, 6) is 0. The van der Waals surface area contributed by atoms with E-state index < -0.39 is 0 Å². The molecular formula is C13H27NO2. The third-order valence-electron chi connectivity index (χ3n) is 3.25. The summed E-state index contributed by atoms with van der Waals surface area (Å²) in [6.07, 6.45) is 7.45. The maximum absolute atomic E-state index is 6.07.